The van der Waals surface area contributed by atoms with E-state index in [-0.39, 0.29) is 12.3 Å². The fourth-order valence-corrected chi connectivity index (χ4v) is 1.88. The Morgan fingerprint density at radius 2 is 2.27 bits per heavy atom. The maximum absolute atomic E-state index is 11.5. The zero-order valence-electron chi connectivity index (χ0n) is 8.28. The number of carbonyl (C=O) groups excluding carboxylic acids is 1. The second-order valence-corrected chi connectivity index (χ2v) is 3.68. The summed E-state index contributed by atoms with van der Waals surface area (Å²) in [7, 11) is 0. The van der Waals surface area contributed by atoms with E-state index in [2.05, 4.69) is 5.32 Å². The first-order chi connectivity index (χ1) is 7.09. The van der Waals surface area contributed by atoms with Gasteiger partial charge in [-0.2, -0.15) is 0 Å². The summed E-state index contributed by atoms with van der Waals surface area (Å²) in [5.41, 5.74) is 2.53. The summed E-state index contributed by atoms with van der Waals surface area (Å²) in [5, 5.41) is 11.4. The molecule has 1 aliphatic heterocycles. The van der Waals surface area contributed by atoms with Crippen molar-refractivity contribution in [2.24, 2.45) is 0 Å². The molecule has 15 heavy (non-hydrogen) atoms. The molecule has 0 unspecified atom stereocenters. The quantitative estimate of drug-likeness (QED) is 0.769. The summed E-state index contributed by atoms with van der Waals surface area (Å²) in [5.74, 6) is -1.72. The Morgan fingerprint density at radius 3 is 2.93 bits per heavy atom. The van der Waals surface area contributed by atoms with E-state index in [9.17, 15) is 9.59 Å². The molecule has 1 atom stereocenters. The van der Waals surface area contributed by atoms with Crippen LogP contribution in [0, 0.1) is 6.92 Å². The van der Waals surface area contributed by atoms with E-state index in [1.165, 1.54) is 0 Å². The molecule has 0 fully saturated rings. The van der Waals surface area contributed by atoms with Crippen LogP contribution < -0.4 is 5.32 Å². The number of rotatable bonds is 2. The maximum atomic E-state index is 11.5. The average Bonchev–Trinajstić information content (AvgIpc) is 2.45. The molecule has 2 N–H and O–H groups in total. The Morgan fingerprint density at radius 1 is 1.53 bits per heavy atom. The number of hydrogen-bond acceptors (Lipinski definition) is 2. The Hall–Kier alpha value is -1.84. The zero-order chi connectivity index (χ0) is 11.0. The van der Waals surface area contributed by atoms with E-state index in [1.807, 2.05) is 19.1 Å². The predicted molar refractivity (Wildman–Crippen MR) is 54.8 cm³/mol. The Balaban J connectivity index is 2.41. The molecule has 0 saturated heterocycles. The second kappa shape index (κ2) is 3.38. The molecule has 4 heteroatoms. The number of fused-ring (bicyclic) bond motifs is 1. The van der Waals surface area contributed by atoms with Crippen molar-refractivity contribution in [2.45, 2.75) is 19.3 Å². The average molecular weight is 205 g/mol. The first kappa shape index (κ1) is 9.71. The van der Waals surface area contributed by atoms with Gasteiger partial charge in [-0.05, 0) is 18.1 Å². The van der Waals surface area contributed by atoms with Crippen LogP contribution in [-0.2, 0) is 9.59 Å². The molecule has 0 aromatic heterocycles. The molecule has 0 spiro atoms. The van der Waals surface area contributed by atoms with E-state index in [4.69, 9.17) is 5.11 Å². The predicted octanol–water partition coefficient (Wildman–Crippen LogP) is 1.51. The number of benzene rings is 1. The standard InChI is InChI=1S/C11H11NO3/c1-6-3-2-4-7-8(5-9(13)14)11(15)12-10(6)7/h2-4,8H,5H2,1H3,(H,12,15)(H,13,14)/t8-/m0/s1. The number of nitrogens with one attached hydrogen (secondary N) is 1. The molecular weight excluding hydrogens is 194 g/mol. The first-order valence-corrected chi connectivity index (χ1v) is 4.72. The molecule has 4 nitrogen and oxygen atoms in total. The molecule has 0 saturated carbocycles. The van der Waals surface area contributed by atoms with Crippen molar-refractivity contribution in [2.75, 3.05) is 5.32 Å². The summed E-state index contributed by atoms with van der Waals surface area (Å²) in [6.45, 7) is 1.89. The third-order valence-electron chi connectivity index (χ3n) is 2.62. The van der Waals surface area contributed by atoms with E-state index < -0.39 is 11.9 Å². The number of hydrogen-bond donors (Lipinski definition) is 2. The highest BCUT2D eigenvalue weighted by Gasteiger charge is 2.32. The molecule has 1 amide bonds. The fourth-order valence-electron chi connectivity index (χ4n) is 1.88. The number of para-hydroxylation sites is 1. The number of aliphatic carboxylic acids is 1. The highest BCUT2D eigenvalue weighted by Crippen LogP contribution is 2.36. The van der Waals surface area contributed by atoms with Gasteiger partial charge in [0.25, 0.3) is 0 Å². The van der Waals surface area contributed by atoms with E-state index in [0.29, 0.717) is 0 Å². The number of carboxylic acid groups (broad SMARTS) is 1. The number of aryl methyl sites for hydroxylation is 1. The van der Waals surface area contributed by atoms with Crippen LogP contribution in [0.2, 0.25) is 0 Å². The van der Waals surface area contributed by atoms with Crippen molar-refractivity contribution in [1.82, 2.24) is 0 Å². The maximum Gasteiger partial charge on any atom is 0.304 e. The molecule has 78 valence electrons. The minimum Gasteiger partial charge on any atom is -0.481 e. The van der Waals surface area contributed by atoms with Gasteiger partial charge in [0.15, 0.2) is 0 Å². The molecule has 1 aromatic rings. The minimum absolute atomic E-state index is 0.151. The van der Waals surface area contributed by atoms with Gasteiger partial charge < -0.3 is 10.4 Å². The second-order valence-electron chi connectivity index (χ2n) is 3.68. The Kier molecular flexibility index (Phi) is 2.19. The first-order valence-electron chi connectivity index (χ1n) is 4.72. The zero-order valence-corrected chi connectivity index (χ0v) is 8.28. The SMILES string of the molecule is Cc1cccc2c1NC(=O)[C@H]2CC(=O)O. The molecule has 1 aromatic carbocycles. The van der Waals surface area contributed by atoms with Gasteiger partial charge in [0.1, 0.15) is 0 Å². The summed E-state index contributed by atoms with van der Waals surface area (Å²) in [4.78, 5) is 22.2. The highest BCUT2D eigenvalue weighted by atomic mass is 16.4. The van der Waals surface area contributed by atoms with Crippen molar-refractivity contribution >= 4 is 17.6 Å². The lowest BCUT2D eigenvalue weighted by Crippen LogP contribution is -2.15. The normalized spacial score (nSPS) is 18.5. The van der Waals surface area contributed by atoms with Crippen molar-refractivity contribution in [3.05, 3.63) is 29.3 Å². The van der Waals surface area contributed by atoms with E-state index in [1.54, 1.807) is 6.07 Å². The Labute approximate surface area is 86.9 Å². The largest absolute Gasteiger partial charge is 0.481 e. The lowest BCUT2D eigenvalue weighted by atomic mass is 9.96. The van der Waals surface area contributed by atoms with Crippen LogP contribution in [0.5, 0.6) is 0 Å². The highest BCUT2D eigenvalue weighted by molar-refractivity contribution is 6.05. The van der Waals surface area contributed by atoms with Gasteiger partial charge in [-0.3, -0.25) is 9.59 Å². The third kappa shape index (κ3) is 1.58. The molecule has 2 rings (SSSR count). The van der Waals surface area contributed by atoms with Gasteiger partial charge >= 0.3 is 5.97 Å². The van der Waals surface area contributed by atoms with E-state index in [0.717, 1.165) is 16.8 Å². The topological polar surface area (TPSA) is 66.4 Å². The smallest absolute Gasteiger partial charge is 0.304 e. The van der Waals surface area contributed by atoms with Crippen LogP contribution in [0.4, 0.5) is 5.69 Å². The van der Waals surface area contributed by atoms with Crippen molar-refractivity contribution in [1.29, 1.82) is 0 Å². The fraction of sp³-hybridized carbons (Fsp3) is 0.273. The van der Waals surface area contributed by atoms with Crippen LogP contribution in [-0.4, -0.2) is 17.0 Å². The van der Waals surface area contributed by atoms with Crippen LogP contribution >= 0.6 is 0 Å². The number of anilines is 1. The summed E-state index contributed by atoms with van der Waals surface area (Å²) in [6, 6.07) is 5.53. The number of carboxylic acids is 1. The Bertz CT molecular complexity index is 439. The van der Waals surface area contributed by atoms with Gasteiger partial charge in [0, 0.05) is 5.69 Å². The summed E-state index contributed by atoms with van der Waals surface area (Å²) < 4.78 is 0. The molecule has 0 radical (unpaired) electrons. The van der Waals surface area contributed by atoms with Crippen LogP contribution in [0.1, 0.15) is 23.5 Å². The number of amides is 1. The van der Waals surface area contributed by atoms with Crippen LogP contribution in [0.15, 0.2) is 18.2 Å². The van der Waals surface area contributed by atoms with Crippen molar-refractivity contribution in [3.8, 4) is 0 Å². The molecule has 1 heterocycles. The van der Waals surface area contributed by atoms with Gasteiger partial charge in [0.2, 0.25) is 5.91 Å². The lowest BCUT2D eigenvalue weighted by molar-refractivity contribution is -0.138. The van der Waals surface area contributed by atoms with Gasteiger partial charge in [-0.15, -0.1) is 0 Å². The summed E-state index contributed by atoms with van der Waals surface area (Å²) in [6.07, 6.45) is -0.151. The third-order valence-corrected chi connectivity index (χ3v) is 2.62. The van der Waals surface area contributed by atoms with Gasteiger partial charge in [-0.25, -0.2) is 0 Å². The molecular formula is C11H11NO3. The lowest BCUT2D eigenvalue weighted by Gasteiger charge is -2.05. The van der Waals surface area contributed by atoms with Crippen LogP contribution in [0.25, 0.3) is 0 Å². The van der Waals surface area contributed by atoms with Crippen molar-refractivity contribution in [3.63, 3.8) is 0 Å². The summed E-state index contributed by atoms with van der Waals surface area (Å²) >= 11 is 0. The van der Waals surface area contributed by atoms with Gasteiger partial charge in [-0.1, -0.05) is 18.2 Å². The number of carbonyl (C=O) groups is 2. The monoisotopic (exact) mass is 205 g/mol. The van der Waals surface area contributed by atoms with Crippen molar-refractivity contribution < 1.29 is 14.7 Å². The molecule has 0 aliphatic carbocycles. The van der Waals surface area contributed by atoms with Crippen LogP contribution in [0.3, 0.4) is 0 Å². The van der Waals surface area contributed by atoms with Gasteiger partial charge in [0.05, 0.1) is 12.3 Å². The minimum atomic E-state index is -0.954. The molecule has 1 aliphatic rings. The molecule has 0 bridgehead atoms. The van der Waals surface area contributed by atoms with E-state index >= 15 is 0 Å².